The van der Waals surface area contributed by atoms with Crippen molar-refractivity contribution < 1.29 is 9.53 Å². The number of aromatic nitrogens is 1. The van der Waals surface area contributed by atoms with Gasteiger partial charge in [0.1, 0.15) is 6.10 Å². The number of hydrogen-bond acceptors (Lipinski definition) is 3. The zero-order valence-electron chi connectivity index (χ0n) is 9.56. The number of esters is 1. The van der Waals surface area contributed by atoms with Crippen LogP contribution in [-0.2, 0) is 9.53 Å². The summed E-state index contributed by atoms with van der Waals surface area (Å²) in [5, 5.41) is 0. The number of carbonyl (C=O) groups excluding carboxylic acids is 1. The first-order valence-electron chi connectivity index (χ1n) is 5.88. The van der Waals surface area contributed by atoms with Crippen LogP contribution in [0.2, 0.25) is 0 Å². The molecule has 0 aliphatic heterocycles. The van der Waals surface area contributed by atoms with E-state index in [1.165, 1.54) is 12.8 Å². The second kappa shape index (κ2) is 5.10. The average Bonchev–Trinajstić information content (AvgIpc) is 2.82. The van der Waals surface area contributed by atoms with E-state index in [1.807, 2.05) is 19.1 Å². The van der Waals surface area contributed by atoms with Gasteiger partial charge in [-0.15, -0.1) is 0 Å². The summed E-state index contributed by atoms with van der Waals surface area (Å²) in [7, 11) is 0. The Morgan fingerprint density at radius 3 is 2.62 bits per heavy atom. The van der Waals surface area contributed by atoms with Gasteiger partial charge in [-0.2, -0.15) is 0 Å². The molecule has 1 unspecified atom stereocenters. The zero-order valence-corrected chi connectivity index (χ0v) is 9.56. The first kappa shape index (κ1) is 11.1. The summed E-state index contributed by atoms with van der Waals surface area (Å²) >= 11 is 0. The molecule has 1 saturated carbocycles. The molecule has 1 aliphatic carbocycles. The van der Waals surface area contributed by atoms with Crippen molar-refractivity contribution in [3.8, 4) is 0 Å². The van der Waals surface area contributed by atoms with Gasteiger partial charge in [-0.25, -0.2) is 0 Å². The van der Waals surface area contributed by atoms with Crippen molar-refractivity contribution in [2.75, 3.05) is 0 Å². The lowest BCUT2D eigenvalue weighted by atomic mass is 10.0. The van der Waals surface area contributed by atoms with Crippen LogP contribution in [0.15, 0.2) is 24.5 Å². The predicted octanol–water partition coefficient (Wildman–Crippen LogP) is 2.67. The average molecular weight is 219 g/mol. The van der Waals surface area contributed by atoms with Crippen molar-refractivity contribution in [1.82, 2.24) is 4.98 Å². The van der Waals surface area contributed by atoms with Crippen LogP contribution in [0.1, 0.15) is 44.1 Å². The predicted molar refractivity (Wildman–Crippen MR) is 61.0 cm³/mol. The highest BCUT2D eigenvalue weighted by molar-refractivity contribution is 5.77. The molecule has 0 amide bonds. The fourth-order valence-corrected chi connectivity index (χ4v) is 2.06. The van der Waals surface area contributed by atoms with Crippen molar-refractivity contribution in [2.24, 2.45) is 0 Å². The molecule has 0 saturated heterocycles. The summed E-state index contributed by atoms with van der Waals surface area (Å²) in [6.45, 7) is 1.88. The molecule has 0 spiro atoms. The number of nitrogens with zero attached hydrogens (tertiary/aromatic N) is 1. The maximum atomic E-state index is 11.9. The van der Waals surface area contributed by atoms with Gasteiger partial charge < -0.3 is 4.74 Å². The van der Waals surface area contributed by atoms with Crippen LogP contribution in [0.5, 0.6) is 0 Å². The number of pyridine rings is 1. The maximum absolute atomic E-state index is 11.9. The third-order valence-corrected chi connectivity index (χ3v) is 3.14. The minimum atomic E-state index is -0.191. The van der Waals surface area contributed by atoms with E-state index in [-0.39, 0.29) is 18.0 Å². The number of carbonyl (C=O) groups is 1. The summed E-state index contributed by atoms with van der Waals surface area (Å²) in [5.74, 6) is -0.304. The van der Waals surface area contributed by atoms with Crippen LogP contribution >= 0.6 is 0 Å². The molecule has 1 fully saturated rings. The highest BCUT2D eigenvalue weighted by Crippen LogP contribution is 2.24. The third kappa shape index (κ3) is 2.60. The standard InChI is InChI=1S/C13H17NO2/c1-10(11-6-8-14-9-7-11)13(15)16-12-4-2-3-5-12/h6-10,12H,2-5H2,1H3. The Hall–Kier alpha value is -1.38. The Labute approximate surface area is 95.8 Å². The third-order valence-electron chi connectivity index (χ3n) is 3.14. The van der Waals surface area contributed by atoms with E-state index in [9.17, 15) is 4.79 Å². The maximum Gasteiger partial charge on any atom is 0.313 e. The van der Waals surface area contributed by atoms with Gasteiger partial charge in [0, 0.05) is 12.4 Å². The fourth-order valence-electron chi connectivity index (χ4n) is 2.06. The van der Waals surface area contributed by atoms with Crippen molar-refractivity contribution in [3.63, 3.8) is 0 Å². The highest BCUT2D eigenvalue weighted by Gasteiger charge is 2.23. The molecule has 0 aromatic carbocycles. The SMILES string of the molecule is CC(C(=O)OC1CCCC1)c1ccncc1. The van der Waals surface area contributed by atoms with Crippen LogP contribution in [-0.4, -0.2) is 17.1 Å². The largest absolute Gasteiger partial charge is 0.462 e. The monoisotopic (exact) mass is 219 g/mol. The molecule has 3 heteroatoms. The zero-order chi connectivity index (χ0) is 11.4. The summed E-state index contributed by atoms with van der Waals surface area (Å²) < 4.78 is 5.47. The van der Waals surface area contributed by atoms with Crippen LogP contribution < -0.4 is 0 Å². The van der Waals surface area contributed by atoms with Crippen LogP contribution in [0, 0.1) is 0 Å². The van der Waals surface area contributed by atoms with Gasteiger partial charge in [0.25, 0.3) is 0 Å². The van der Waals surface area contributed by atoms with Crippen LogP contribution in [0.25, 0.3) is 0 Å². The first-order valence-corrected chi connectivity index (χ1v) is 5.88. The summed E-state index contributed by atoms with van der Waals surface area (Å²) in [6, 6.07) is 3.72. The normalized spacial score (nSPS) is 18.3. The lowest BCUT2D eigenvalue weighted by Crippen LogP contribution is -2.19. The van der Waals surface area contributed by atoms with E-state index in [1.54, 1.807) is 12.4 Å². The molecule has 1 heterocycles. The minimum absolute atomic E-state index is 0.113. The molecular formula is C13H17NO2. The molecule has 3 nitrogen and oxygen atoms in total. The number of ether oxygens (including phenoxy) is 1. The molecule has 1 aromatic heterocycles. The van der Waals surface area contributed by atoms with Crippen molar-refractivity contribution in [2.45, 2.75) is 44.6 Å². The van der Waals surface area contributed by atoms with Gasteiger partial charge >= 0.3 is 5.97 Å². The van der Waals surface area contributed by atoms with Gasteiger partial charge in [0.2, 0.25) is 0 Å². The minimum Gasteiger partial charge on any atom is -0.462 e. The lowest BCUT2D eigenvalue weighted by Gasteiger charge is -2.15. The van der Waals surface area contributed by atoms with Crippen molar-refractivity contribution >= 4 is 5.97 Å². The smallest absolute Gasteiger partial charge is 0.313 e. The molecule has 1 aliphatic rings. The van der Waals surface area contributed by atoms with E-state index >= 15 is 0 Å². The Morgan fingerprint density at radius 2 is 2.00 bits per heavy atom. The van der Waals surface area contributed by atoms with Gasteiger partial charge in [-0.05, 0) is 50.3 Å². The van der Waals surface area contributed by atoms with Crippen LogP contribution in [0.3, 0.4) is 0 Å². The molecule has 0 N–H and O–H groups in total. The molecular weight excluding hydrogens is 202 g/mol. The second-order valence-corrected chi connectivity index (χ2v) is 4.35. The van der Waals surface area contributed by atoms with Gasteiger partial charge in [-0.3, -0.25) is 9.78 Å². The van der Waals surface area contributed by atoms with E-state index in [0.717, 1.165) is 18.4 Å². The van der Waals surface area contributed by atoms with E-state index < -0.39 is 0 Å². The van der Waals surface area contributed by atoms with Gasteiger partial charge in [-0.1, -0.05) is 0 Å². The van der Waals surface area contributed by atoms with Crippen LogP contribution in [0.4, 0.5) is 0 Å². The first-order chi connectivity index (χ1) is 7.77. The van der Waals surface area contributed by atoms with Gasteiger partial charge in [0.15, 0.2) is 0 Å². The molecule has 1 aromatic rings. The Kier molecular flexibility index (Phi) is 3.54. The summed E-state index contributed by atoms with van der Waals surface area (Å²) in [5.41, 5.74) is 0.970. The fraction of sp³-hybridized carbons (Fsp3) is 0.538. The second-order valence-electron chi connectivity index (χ2n) is 4.35. The van der Waals surface area contributed by atoms with Crippen molar-refractivity contribution in [1.29, 1.82) is 0 Å². The van der Waals surface area contributed by atoms with E-state index in [2.05, 4.69) is 4.98 Å². The highest BCUT2D eigenvalue weighted by atomic mass is 16.5. The molecule has 16 heavy (non-hydrogen) atoms. The summed E-state index contributed by atoms with van der Waals surface area (Å²) in [6.07, 6.45) is 7.97. The van der Waals surface area contributed by atoms with Crippen molar-refractivity contribution in [3.05, 3.63) is 30.1 Å². The quantitative estimate of drug-likeness (QED) is 0.734. The summed E-state index contributed by atoms with van der Waals surface area (Å²) in [4.78, 5) is 15.8. The Bertz CT molecular complexity index is 344. The molecule has 86 valence electrons. The lowest BCUT2D eigenvalue weighted by molar-refractivity contribution is -0.150. The molecule has 1 atom stereocenters. The molecule has 0 radical (unpaired) electrons. The van der Waals surface area contributed by atoms with E-state index in [4.69, 9.17) is 4.74 Å². The Balaban J connectivity index is 1.94. The molecule has 2 rings (SSSR count). The topological polar surface area (TPSA) is 39.2 Å². The molecule has 0 bridgehead atoms. The van der Waals surface area contributed by atoms with E-state index in [0.29, 0.717) is 0 Å². The number of rotatable bonds is 3. The Morgan fingerprint density at radius 1 is 1.38 bits per heavy atom. The van der Waals surface area contributed by atoms with Gasteiger partial charge in [0.05, 0.1) is 5.92 Å². The number of hydrogen-bond donors (Lipinski definition) is 0.